The number of esters is 1. The number of hydrogen-bond donors (Lipinski definition) is 1. The van der Waals surface area contributed by atoms with Crippen LogP contribution < -0.4 is 5.32 Å². The number of halogens is 2. The van der Waals surface area contributed by atoms with E-state index in [4.69, 9.17) is 32.4 Å². The summed E-state index contributed by atoms with van der Waals surface area (Å²) in [5, 5.41) is 15.1. The lowest BCUT2D eigenvalue weighted by atomic mass is 10.0. The maximum Gasteiger partial charge on any atom is 0.341 e. The third-order valence-corrected chi connectivity index (χ3v) is 6.79. The van der Waals surface area contributed by atoms with E-state index in [0.717, 1.165) is 5.56 Å². The second-order valence-electron chi connectivity index (χ2n) is 7.37. The van der Waals surface area contributed by atoms with Gasteiger partial charge in [0.2, 0.25) is 0 Å². The zero-order chi connectivity index (χ0) is 25.7. The topological polar surface area (TPSA) is 92.3 Å². The fourth-order valence-electron chi connectivity index (χ4n) is 3.42. The fourth-order valence-corrected chi connectivity index (χ4v) is 4.76. The van der Waals surface area contributed by atoms with Crippen LogP contribution in [0.2, 0.25) is 10.0 Å². The first-order valence-corrected chi connectivity index (χ1v) is 12.4. The summed E-state index contributed by atoms with van der Waals surface area (Å²) >= 11 is 13.5. The Balaban J connectivity index is 1.62. The summed E-state index contributed by atoms with van der Waals surface area (Å²) in [4.78, 5) is 25.7. The molecule has 1 amide bonds. The number of carbonyl (C=O) groups excluding carboxylic acids is 2. The summed E-state index contributed by atoms with van der Waals surface area (Å²) in [6, 6.07) is 19.6. The summed E-state index contributed by atoms with van der Waals surface area (Å²) in [5.41, 5.74) is 2.03. The molecule has 1 N–H and O–H groups in total. The number of furan rings is 1. The van der Waals surface area contributed by atoms with E-state index in [0.29, 0.717) is 26.9 Å². The molecule has 9 heteroatoms. The number of anilines is 1. The Bertz CT molecular complexity index is 1500. The van der Waals surface area contributed by atoms with E-state index in [1.807, 2.05) is 36.4 Å². The molecule has 36 heavy (non-hydrogen) atoms. The number of nitrogens with zero attached hydrogens (tertiary/aromatic N) is 1. The van der Waals surface area contributed by atoms with E-state index in [1.165, 1.54) is 17.4 Å². The standard InChI is InChI=1S/C27H18Cl2N2O4S/c1-2-34-27(33)23-20(16-7-4-3-5-8-16)15-36-26(23)31-25(32)17(14-30)13-18-11-12-22(35-18)19-9-6-10-21(28)24(19)29/h3-13,15H,2H2,1H3,(H,31,32). The normalized spacial score (nSPS) is 11.1. The molecule has 0 aliphatic heterocycles. The van der Waals surface area contributed by atoms with Gasteiger partial charge in [0.25, 0.3) is 5.91 Å². The lowest BCUT2D eigenvalue weighted by Gasteiger charge is -2.08. The highest BCUT2D eigenvalue weighted by molar-refractivity contribution is 7.15. The van der Waals surface area contributed by atoms with Gasteiger partial charge in [0.1, 0.15) is 33.7 Å². The third-order valence-electron chi connectivity index (χ3n) is 5.08. The quantitative estimate of drug-likeness (QED) is 0.148. The van der Waals surface area contributed by atoms with Crippen molar-refractivity contribution in [1.82, 2.24) is 0 Å². The van der Waals surface area contributed by atoms with Crippen molar-refractivity contribution in [2.75, 3.05) is 11.9 Å². The molecular formula is C27H18Cl2N2O4S. The SMILES string of the molecule is CCOC(=O)c1c(-c2ccccc2)csc1NC(=O)C(C#N)=Cc1ccc(-c2cccc(Cl)c2Cl)o1. The van der Waals surface area contributed by atoms with Gasteiger partial charge >= 0.3 is 5.97 Å². The maximum atomic E-state index is 13.0. The number of nitriles is 1. The van der Waals surface area contributed by atoms with Crippen molar-refractivity contribution in [3.05, 3.63) is 93.0 Å². The van der Waals surface area contributed by atoms with Crippen molar-refractivity contribution in [2.24, 2.45) is 0 Å². The number of thiophene rings is 1. The first kappa shape index (κ1) is 25.3. The van der Waals surface area contributed by atoms with Gasteiger partial charge in [-0.05, 0) is 36.8 Å². The molecule has 0 unspecified atom stereocenters. The van der Waals surface area contributed by atoms with Gasteiger partial charge in [-0.15, -0.1) is 11.3 Å². The number of carbonyl (C=O) groups is 2. The Kier molecular flexibility index (Phi) is 7.91. The van der Waals surface area contributed by atoms with Gasteiger partial charge in [-0.1, -0.05) is 59.6 Å². The van der Waals surface area contributed by atoms with E-state index in [2.05, 4.69) is 5.32 Å². The first-order chi connectivity index (χ1) is 17.4. The number of rotatable bonds is 7. The molecule has 0 spiro atoms. The Morgan fingerprint density at radius 2 is 1.86 bits per heavy atom. The van der Waals surface area contributed by atoms with E-state index >= 15 is 0 Å². The molecule has 0 aliphatic carbocycles. The van der Waals surface area contributed by atoms with E-state index in [-0.39, 0.29) is 28.5 Å². The molecule has 0 fully saturated rings. The number of nitrogens with one attached hydrogen (secondary N) is 1. The van der Waals surface area contributed by atoms with Crippen LogP contribution in [-0.2, 0) is 9.53 Å². The zero-order valence-corrected chi connectivity index (χ0v) is 21.2. The van der Waals surface area contributed by atoms with Crippen LogP contribution >= 0.6 is 34.5 Å². The van der Waals surface area contributed by atoms with Crippen molar-refractivity contribution >= 4 is 57.5 Å². The Hall–Kier alpha value is -3.83. The molecule has 0 saturated heterocycles. The number of amides is 1. The van der Waals surface area contributed by atoms with Gasteiger partial charge in [-0.25, -0.2) is 4.79 Å². The van der Waals surface area contributed by atoms with Crippen molar-refractivity contribution in [3.63, 3.8) is 0 Å². The summed E-state index contributed by atoms with van der Waals surface area (Å²) in [6.45, 7) is 1.88. The lowest BCUT2D eigenvalue weighted by Crippen LogP contribution is -2.16. The van der Waals surface area contributed by atoms with Crippen LogP contribution in [0.25, 0.3) is 28.5 Å². The molecule has 180 valence electrons. The van der Waals surface area contributed by atoms with Crippen LogP contribution in [0.1, 0.15) is 23.0 Å². The molecule has 0 bridgehead atoms. The monoisotopic (exact) mass is 536 g/mol. The first-order valence-electron chi connectivity index (χ1n) is 10.7. The molecule has 6 nitrogen and oxygen atoms in total. The molecule has 0 saturated carbocycles. The average molecular weight is 537 g/mol. The number of hydrogen-bond acceptors (Lipinski definition) is 6. The zero-order valence-electron chi connectivity index (χ0n) is 18.9. The van der Waals surface area contributed by atoms with Crippen LogP contribution in [0.4, 0.5) is 5.00 Å². The van der Waals surface area contributed by atoms with Gasteiger partial charge in [-0.3, -0.25) is 4.79 Å². The second kappa shape index (κ2) is 11.3. The van der Waals surface area contributed by atoms with Crippen molar-refractivity contribution in [1.29, 1.82) is 5.26 Å². The highest BCUT2D eigenvalue weighted by Crippen LogP contribution is 2.37. The maximum absolute atomic E-state index is 13.0. The highest BCUT2D eigenvalue weighted by Gasteiger charge is 2.24. The summed E-state index contributed by atoms with van der Waals surface area (Å²) in [5.74, 6) is -0.552. The summed E-state index contributed by atoms with van der Waals surface area (Å²) < 4.78 is 11.0. The highest BCUT2D eigenvalue weighted by atomic mass is 35.5. The molecule has 0 atom stereocenters. The Labute approximate surface area is 221 Å². The van der Waals surface area contributed by atoms with Gasteiger partial charge in [0.15, 0.2) is 0 Å². The minimum Gasteiger partial charge on any atom is -0.462 e. The smallest absolute Gasteiger partial charge is 0.341 e. The van der Waals surface area contributed by atoms with Gasteiger partial charge < -0.3 is 14.5 Å². The Morgan fingerprint density at radius 3 is 2.58 bits per heavy atom. The molecule has 4 aromatic rings. The van der Waals surface area contributed by atoms with Crippen LogP contribution in [-0.4, -0.2) is 18.5 Å². The molecule has 2 heterocycles. The van der Waals surface area contributed by atoms with Crippen LogP contribution in [0, 0.1) is 11.3 Å². The van der Waals surface area contributed by atoms with Crippen molar-refractivity contribution in [3.8, 4) is 28.5 Å². The number of ether oxygens (including phenoxy) is 1. The van der Waals surface area contributed by atoms with Crippen LogP contribution in [0.3, 0.4) is 0 Å². The van der Waals surface area contributed by atoms with Crippen LogP contribution in [0.5, 0.6) is 0 Å². The molecule has 4 rings (SSSR count). The van der Waals surface area contributed by atoms with Gasteiger partial charge in [-0.2, -0.15) is 5.26 Å². The summed E-state index contributed by atoms with van der Waals surface area (Å²) in [6.07, 6.45) is 1.31. The lowest BCUT2D eigenvalue weighted by molar-refractivity contribution is -0.112. The Morgan fingerprint density at radius 1 is 1.08 bits per heavy atom. The molecule has 2 aromatic carbocycles. The molecular weight excluding hydrogens is 519 g/mol. The van der Waals surface area contributed by atoms with Crippen molar-refractivity contribution < 1.29 is 18.7 Å². The predicted molar refractivity (Wildman–Crippen MR) is 142 cm³/mol. The van der Waals surface area contributed by atoms with Crippen LogP contribution in [0.15, 0.2) is 76.0 Å². The number of benzene rings is 2. The second-order valence-corrected chi connectivity index (χ2v) is 9.03. The summed E-state index contributed by atoms with van der Waals surface area (Å²) in [7, 11) is 0. The van der Waals surface area contributed by atoms with Gasteiger partial charge in [0, 0.05) is 22.6 Å². The van der Waals surface area contributed by atoms with E-state index in [9.17, 15) is 14.9 Å². The minimum atomic E-state index is -0.691. The van der Waals surface area contributed by atoms with Crippen molar-refractivity contribution in [2.45, 2.75) is 6.92 Å². The fraction of sp³-hybridized carbons (Fsp3) is 0.0741. The minimum absolute atomic E-state index is 0.178. The molecule has 0 aliphatic rings. The third kappa shape index (κ3) is 5.37. The molecule has 2 aromatic heterocycles. The van der Waals surface area contributed by atoms with Gasteiger partial charge in [0.05, 0.1) is 16.7 Å². The largest absolute Gasteiger partial charge is 0.462 e. The van der Waals surface area contributed by atoms with E-state index in [1.54, 1.807) is 42.6 Å². The predicted octanol–water partition coefficient (Wildman–Crippen LogP) is 7.70. The average Bonchev–Trinajstić information content (AvgIpc) is 3.52. The van der Waals surface area contributed by atoms with E-state index < -0.39 is 11.9 Å². The molecule has 0 radical (unpaired) electrons.